The Morgan fingerprint density at radius 1 is 0.931 bits per heavy atom. The van der Waals surface area contributed by atoms with Crippen LogP contribution in [0.5, 0.6) is 0 Å². The highest BCUT2D eigenvalue weighted by Gasteiger charge is 2.08. The minimum absolute atomic E-state index is 0.0887. The van der Waals surface area contributed by atoms with Crippen LogP contribution in [0.15, 0.2) is 65.8 Å². The molecule has 3 aromatic rings. The van der Waals surface area contributed by atoms with Gasteiger partial charge in [0.2, 0.25) is 5.91 Å². The van der Waals surface area contributed by atoms with Crippen LogP contribution in [0.1, 0.15) is 23.2 Å². The first-order chi connectivity index (χ1) is 14.1. The standard InChI is InChI=1S/C20H18FN5O2S/c21-15-8-6-14(7-9-15)20(28)24-17-10-11-19(26-25-17)29-13-3-5-18(27)23-16-4-1-2-12-22-16/h1-2,4,6-12H,3,5,13H2,(H,22,23,27)(H,24,25,28). The zero-order chi connectivity index (χ0) is 20.5. The summed E-state index contributed by atoms with van der Waals surface area (Å²) in [6.07, 6.45) is 2.67. The third kappa shape index (κ3) is 6.65. The summed E-state index contributed by atoms with van der Waals surface area (Å²) in [6, 6.07) is 13.9. The van der Waals surface area contributed by atoms with Crippen molar-refractivity contribution in [2.75, 3.05) is 16.4 Å². The molecule has 0 aliphatic heterocycles. The van der Waals surface area contributed by atoms with E-state index in [1.165, 1.54) is 36.0 Å². The average Bonchev–Trinajstić information content (AvgIpc) is 2.73. The summed E-state index contributed by atoms with van der Waals surface area (Å²) in [7, 11) is 0. The van der Waals surface area contributed by atoms with E-state index in [9.17, 15) is 14.0 Å². The second-order valence-electron chi connectivity index (χ2n) is 5.93. The first kappa shape index (κ1) is 20.4. The van der Waals surface area contributed by atoms with Crippen LogP contribution in [0, 0.1) is 5.82 Å². The van der Waals surface area contributed by atoms with Crippen LogP contribution in [-0.4, -0.2) is 32.7 Å². The van der Waals surface area contributed by atoms with Gasteiger partial charge < -0.3 is 10.6 Å². The Bertz CT molecular complexity index is 953. The zero-order valence-electron chi connectivity index (χ0n) is 15.3. The van der Waals surface area contributed by atoms with Gasteiger partial charge in [-0.05, 0) is 55.0 Å². The van der Waals surface area contributed by atoms with E-state index >= 15 is 0 Å². The average molecular weight is 411 g/mol. The topological polar surface area (TPSA) is 96.9 Å². The third-order valence-corrected chi connectivity index (χ3v) is 4.72. The van der Waals surface area contributed by atoms with E-state index in [0.717, 1.165) is 0 Å². The van der Waals surface area contributed by atoms with Crippen molar-refractivity contribution in [3.05, 3.63) is 72.2 Å². The van der Waals surface area contributed by atoms with E-state index in [4.69, 9.17) is 0 Å². The maximum absolute atomic E-state index is 12.9. The largest absolute Gasteiger partial charge is 0.311 e. The molecule has 1 aromatic carbocycles. The van der Waals surface area contributed by atoms with Crippen molar-refractivity contribution in [3.8, 4) is 0 Å². The summed E-state index contributed by atoms with van der Waals surface area (Å²) in [5.41, 5.74) is 0.329. The number of nitrogens with zero attached hydrogens (tertiary/aromatic N) is 3. The molecule has 2 aromatic heterocycles. The number of carbonyl (C=O) groups is 2. The molecule has 0 saturated heterocycles. The van der Waals surface area contributed by atoms with Crippen LogP contribution in [0.25, 0.3) is 0 Å². The minimum atomic E-state index is -0.406. The maximum atomic E-state index is 12.9. The lowest BCUT2D eigenvalue weighted by Gasteiger charge is -2.05. The fraction of sp³-hybridized carbons (Fsp3) is 0.150. The number of benzene rings is 1. The number of nitrogens with one attached hydrogen (secondary N) is 2. The normalized spacial score (nSPS) is 10.4. The molecule has 2 N–H and O–H groups in total. The molecular formula is C20H18FN5O2S. The van der Waals surface area contributed by atoms with E-state index in [2.05, 4.69) is 25.8 Å². The Kier molecular flexibility index (Phi) is 7.23. The number of thioether (sulfide) groups is 1. The number of pyridine rings is 1. The molecule has 2 heterocycles. The predicted octanol–water partition coefficient (Wildman–Crippen LogP) is 3.77. The number of rotatable bonds is 8. The maximum Gasteiger partial charge on any atom is 0.256 e. The quantitative estimate of drug-likeness (QED) is 0.433. The van der Waals surface area contributed by atoms with Gasteiger partial charge in [0, 0.05) is 23.9 Å². The van der Waals surface area contributed by atoms with Gasteiger partial charge in [-0.3, -0.25) is 9.59 Å². The number of carbonyl (C=O) groups excluding carboxylic acids is 2. The zero-order valence-corrected chi connectivity index (χ0v) is 16.2. The lowest BCUT2D eigenvalue weighted by molar-refractivity contribution is -0.116. The van der Waals surface area contributed by atoms with Crippen LogP contribution in [0.4, 0.5) is 16.0 Å². The minimum Gasteiger partial charge on any atom is -0.311 e. The van der Waals surface area contributed by atoms with Crippen LogP contribution in [0.3, 0.4) is 0 Å². The molecule has 0 atom stereocenters. The molecule has 148 valence electrons. The number of hydrogen-bond donors (Lipinski definition) is 2. The molecule has 2 amide bonds. The molecule has 9 heteroatoms. The van der Waals surface area contributed by atoms with Crippen LogP contribution < -0.4 is 10.6 Å². The van der Waals surface area contributed by atoms with Gasteiger partial charge in [-0.25, -0.2) is 9.37 Å². The molecule has 0 spiro atoms. The van der Waals surface area contributed by atoms with Gasteiger partial charge in [0.25, 0.3) is 5.91 Å². The Labute approximate surface area is 171 Å². The van der Waals surface area contributed by atoms with E-state index in [1.807, 2.05) is 6.07 Å². The summed E-state index contributed by atoms with van der Waals surface area (Å²) in [5, 5.41) is 14.1. The summed E-state index contributed by atoms with van der Waals surface area (Å²) in [6.45, 7) is 0. The van der Waals surface area contributed by atoms with Crippen LogP contribution in [0.2, 0.25) is 0 Å². The van der Waals surface area contributed by atoms with E-state index in [0.29, 0.717) is 40.8 Å². The molecule has 0 bridgehead atoms. The number of anilines is 2. The van der Waals surface area contributed by atoms with Gasteiger partial charge in [0.1, 0.15) is 16.7 Å². The lowest BCUT2D eigenvalue weighted by Crippen LogP contribution is -2.13. The summed E-state index contributed by atoms with van der Waals surface area (Å²) in [5.74, 6) is 0.656. The molecule has 0 aliphatic carbocycles. The van der Waals surface area contributed by atoms with Crippen molar-refractivity contribution in [3.63, 3.8) is 0 Å². The number of halogens is 1. The van der Waals surface area contributed by atoms with Crippen LogP contribution >= 0.6 is 11.8 Å². The van der Waals surface area contributed by atoms with Gasteiger partial charge in [0.15, 0.2) is 5.82 Å². The van der Waals surface area contributed by atoms with Crippen molar-refractivity contribution in [1.29, 1.82) is 0 Å². The van der Waals surface area contributed by atoms with E-state index < -0.39 is 11.7 Å². The fourth-order valence-electron chi connectivity index (χ4n) is 2.30. The Morgan fingerprint density at radius 2 is 1.76 bits per heavy atom. The molecule has 7 nitrogen and oxygen atoms in total. The molecule has 0 aliphatic rings. The third-order valence-electron chi connectivity index (χ3n) is 3.72. The molecule has 29 heavy (non-hydrogen) atoms. The molecule has 0 fully saturated rings. The smallest absolute Gasteiger partial charge is 0.256 e. The Hall–Kier alpha value is -3.33. The van der Waals surface area contributed by atoms with Gasteiger partial charge in [-0.2, -0.15) is 0 Å². The number of hydrogen-bond acceptors (Lipinski definition) is 6. The molecule has 0 radical (unpaired) electrons. The van der Waals surface area contributed by atoms with Crippen molar-refractivity contribution < 1.29 is 14.0 Å². The highest BCUT2D eigenvalue weighted by molar-refractivity contribution is 7.99. The number of aromatic nitrogens is 3. The Morgan fingerprint density at radius 3 is 2.45 bits per heavy atom. The van der Waals surface area contributed by atoms with Crippen molar-refractivity contribution in [2.45, 2.75) is 17.9 Å². The summed E-state index contributed by atoms with van der Waals surface area (Å²) in [4.78, 5) is 28.0. The second-order valence-corrected chi connectivity index (χ2v) is 7.05. The van der Waals surface area contributed by atoms with Crippen molar-refractivity contribution >= 4 is 35.2 Å². The van der Waals surface area contributed by atoms with E-state index in [-0.39, 0.29) is 5.91 Å². The van der Waals surface area contributed by atoms with Gasteiger partial charge >= 0.3 is 0 Å². The first-order valence-corrected chi connectivity index (χ1v) is 9.83. The molecule has 0 unspecified atom stereocenters. The fourth-order valence-corrected chi connectivity index (χ4v) is 3.07. The van der Waals surface area contributed by atoms with Crippen LogP contribution in [-0.2, 0) is 4.79 Å². The SMILES string of the molecule is O=C(CCCSc1ccc(NC(=O)c2ccc(F)cc2)nn1)Nc1ccccn1. The summed E-state index contributed by atoms with van der Waals surface area (Å²) >= 11 is 1.47. The van der Waals surface area contributed by atoms with Crippen molar-refractivity contribution in [2.24, 2.45) is 0 Å². The monoisotopic (exact) mass is 411 g/mol. The number of amides is 2. The molecule has 0 saturated carbocycles. The lowest BCUT2D eigenvalue weighted by atomic mass is 10.2. The van der Waals surface area contributed by atoms with Gasteiger partial charge in [-0.1, -0.05) is 6.07 Å². The highest BCUT2D eigenvalue weighted by Crippen LogP contribution is 2.17. The predicted molar refractivity (Wildman–Crippen MR) is 109 cm³/mol. The van der Waals surface area contributed by atoms with Gasteiger partial charge in [-0.15, -0.1) is 22.0 Å². The molecular weight excluding hydrogens is 393 g/mol. The first-order valence-electron chi connectivity index (χ1n) is 8.84. The van der Waals surface area contributed by atoms with Gasteiger partial charge in [0.05, 0.1) is 0 Å². The highest BCUT2D eigenvalue weighted by atomic mass is 32.2. The van der Waals surface area contributed by atoms with Crippen molar-refractivity contribution in [1.82, 2.24) is 15.2 Å². The summed E-state index contributed by atoms with van der Waals surface area (Å²) < 4.78 is 12.9. The Balaban J connectivity index is 1.39. The second kappa shape index (κ2) is 10.3. The van der Waals surface area contributed by atoms with E-state index in [1.54, 1.807) is 30.5 Å². The molecule has 3 rings (SSSR count).